The lowest BCUT2D eigenvalue weighted by Gasteiger charge is -2.03. The number of hydrogen-bond donors (Lipinski definition) is 3. The molecule has 0 aliphatic carbocycles. The molecule has 104 valence electrons. The third kappa shape index (κ3) is 2.94. The van der Waals surface area contributed by atoms with Gasteiger partial charge in [0, 0.05) is 5.56 Å². The van der Waals surface area contributed by atoms with Gasteiger partial charge in [0.1, 0.15) is 10.8 Å². The van der Waals surface area contributed by atoms with Crippen LogP contribution < -0.4 is 11.2 Å². The average Bonchev–Trinajstić information content (AvgIpc) is 2.76. The number of aromatic hydroxyl groups is 1. The number of nitrogens with zero attached hydrogens (tertiary/aromatic N) is 2. The van der Waals surface area contributed by atoms with Gasteiger partial charge in [-0.2, -0.15) is 9.47 Å². The normalized spacial score (nSPS) is 11.4. The lowest BCUT2D eigenvalue weighted by Crippen LogP contribution is -2.19. The van der Waals surface area contributed by atoms with Crippen molar-refractivity contribution in [3.05, 3.63) is 41.1 Å². The molecule has 2 aromatic rings. The highest BCUT2D eigenvalue weighted by Crippen LogP contribution is 2.21. The number of nitrogens with two attached hydrogens (primary N) is 1. The van der Waals surface area contributed by atoms with Gasteiger partial charge in [-0.15, -0.1) is 0 Å². The standard InChI is InChI=1S/C13H14N4O2S/c1-7(11-8(2)17-20-12(11)14)15-16-13(19)9-3-5-10(18)6-4-9/h3-6,18H,14H2,1-2H3,(H,16,19)/b15-7-. The Bertz CT molecular complexity index is 642. The van der Waals surface area contributed by atoms with Crippen molar-refractivity contribution in [2.45, 2.75) is 13.8 Å². The van der Waals surface area contributed by atoms with Crippen molar-refractivity contribution in [1.82, 2.24) is 9.80 Å². The smallest absolute Gasteiger partial charge is 0.271 e. The molecule has 0 saturated heterocycles. The van der Waals surface area contributed by atoms with Gasteiger partial charge < -0.3 is 10.8 Å². The number of nitrogens with one attached hydrogen (secondary N) is 1. The van der Waals surface area contributed by atoms with E-state index in [-0.39, 0.29) is 11.7 Å². The molecule has 1 aromatic carbocycles. The van der Waals surface area contributed by atoms with E-state index in [2.05, 4.69) is 14.9 Å². The van der Waals surface area contributed by atoms with E-state index in [1.807, 2.05) is 6.92 Å². The van der Waals surface area contributed by atoms with Crippen molar-refractivity contribution < 1.29 is 9.90 Å². The first-order valence-corrected chi connectivity index (χ1v) is 6.62. The molecule has 20 heavy (non-hydrogen) atoms. The van der Waals surface area contributed by atoms with Crippen LogP contribution >= 0.6 is 11.5 Å². The van der Waals surface area contributed by atoms with Crippen molar-refractivity contribution in [3.63, 3.8) is 0 Å². The summed E-state index contributed by atoms with van der Waals surface area (Å²) in [5.41, 5.74) is 10.8. The fourth-order valence-electron chi connectivity index (χ4n) is 1.70. The minimum Gasteiger partial charge on any atom is -0.508 e. The largest absolute Gasteiger partial charge is 0.508 e. The van der Waals surface area contributed by atoms with Crippen molar-refractivity contribution in [1.29, 1.82) is 0 Å². The summed E-state index contributed by atoms with van der Waals surface area (Å²) in [5, 5.41) is 13.8. The number of phenolic OH excluding ortho intramolecular Hbond substituents is 1. The van der Waals surface area contributed by atoms with E-state index in [1.165, 1.54) is 35.8 Å². The summed E-state index contributed by atoms with van der Waals surface area (Å²) in [4.78, 5) is 11.9. The predicted octanol–water partition coefficient (Wildman–Crippen LogP) is 1.89. The third-order valence-corrected chi connectivity index (χ3v) is 3.47. The maximum absolute atomic E-state index is 11.9. The summed E-state index contributed by atoms with van der Waals surface area (Å²) in [6.07, 6.45) is 0. The SMILES string of the molecule is C/C(=N/NC(=O)c1ccc(O)cc1)c1c(C)nsc1N. The molecule has 0 aliphatic rings. The number of nitrogen functional groups attached to an aromatic ring is 1. The van der Waals surface area contributed by atoms with Crippen LogP contribution in [0.15, 0.2) is 29.4 Å². The third-order valence-electron chi connectivity index (χ3n) is 2.71. The Morgan fingerprint density at radius 1 is 1.40 bits per heavy atom. The van der Waals surface area contributed by atoms with Crippen LogP contribution in [0.2, 0.25) is 0 Å². The number of hydrogen-bond acceptors (Lipinski definition) is 6. The Balaban J connectivity index is 2.13. The van der Waals surface area contributed by atoms with Gasteiger partial charge in [0.15, 0.2) is 0 Å². The van der Waals surface area contributed by atoms with Crippen LogP contribution in [-0.2, 0) is 0 Å². The Labute approximate surface area is 120 Å². The number of aryl methyl sites for hydroxylation is 1. The first kappa shape index (κ1) is 14.0. The lowest BCUT2D eigenvalue weighted by atomic mass is 10.2. The van der Waals surface area contributed by atoms with E-state index in [1.54, 1.807) is 6.92 Å². The van der Waals surface area contributed by atoms with Gasteiger partial charge in [-0.05, 0) is 49.6 Å². The van der Waals surface area contributed by atoms with Crippen molar-refractivity contribution in [2.75, 3.05) is 5.73 Å². The highest BCUT2D eigenvalue weighted by Gasteiger charge is 2.11. The molecular formula is C13H14N4O2S. The molecule has 0 bridgehead atoms. The Morgan fingerprint density at radius 3 is 2.60 bits per heavy atom. The number of carbonyl (C=O) groups is 1. The Hall–Kier alpha value is -2.41. The topological polar surface area (TPSA) is 101 Å². The molecule has 4 N–H and O–H groups in total. The highest BCUT2D eigenvalue weighted by molar-refractivity contribution is 7.10. The zero-order valence-electron chi connectivity index (χ0n) is 11.0. The van der Waals surface area contributed by atoms with Crippen LogP contribution in [0.1, 0.15) is 28.5 Å². The van der Waals surface area contributed by atoms with Gasteiger partial charge in [0.25, 0.3) is 5.91 Å². The maximum Gasteiger partial charge on any atom is 0.271 e. The van der Waals surface area contributed by atoms with Gasteiger partial charge in [-0.3, -0.25) is 4.79 Å². The zero-order valence-corrected chi connectivity index (χ0v) is 11.9. The summed E-state index contributed by atoms with van der Waals surface area (Å²) >= 11 is 1.20. The van der Waals surface area contributed by atoms with Gasteiger partial charge >= 0.3 is 0 Å². The van der Waals surface area contributed by atoms with Gasteiger partial charge in [-0.1, -0.05) is 0 Å². The minimum atomic E-state index is -0.358. The lowest BCUT2D eigenvalue weighted by molar-refractivity contribution is 0.0955. The number of phenols is 1. The molecule has 0 atom stereocenters. The second-order valence-electron chi connectivity index (χ2n) is 4.19. The summed E-state index contributed by atoms with van der Waals surface area (Å²) in [7, 11) is 0. The second kappa shape index (κ2) is 5.70. The molecule has 7 heteroatoms. The van der Waals surface area contributed by atoms with Crippen molar-refractivity contribution >= 4 is 28.2 Å². The number of rotatable bonds is 3. The van der Waals surface area contributed by atoms with Crippen LogP contribution in [-0.4, -0.2) is 21.1 Å². The summed E-state index contributed by atoms with van der Waals surface area (Å²) in [6.45, 7) is 3.59. The molecule has 0 spiro atoms. The molecule has 1 amide bonds. The molecule has 0 aliphatic heterocycles. The van der Waals surface area contributed by atoms with Crippen LogP contribution in [0.25, 0.3) is 0 Å². The number of aromatic nitrogens is 1. The number of hydrazone groups is 1. The predicted molar refractivity (Wildman–Crippen MR) is 79.0 cm³/mol. The molecule has 0 radical (unpaired) electrons. The molecule has 0 saturated carbocycles. The van der Waals surface area contributed by atoms with E-state index >= 15 is 0 Å². The Kier molecular flexibility index (Phi) is 3.99. The molecule has 0 unspecified atom stereocenters. The first-order valence-electron chi connectivity index (χ1n) is 5.85. The van der Waals surface area contributed by atoms with E-state index in [9.17, 15) is 4.79 Å². The number of amides is 1. The number of benzene rings is 1. The van der Waals surface area contributed by atoms with Gasteiger partial charge in [0.05, 0.1) is 17.0 Å². The van der Waals surface area contributed by atoms with E-state index in [0.29, 0.717) is 16.3 Å². The zero-order chi connectivity index (χ0) is 14.7. The van der Waals surface area contributed by atoms with Crippen LogP contribution in [0, 0.1) is 6.92 Å². The highest BCUT2D eigenvalue weighted by atomic mass is 32.1. The monoisotopic (exact) mass is 290 g/mol. The molecule has 1 heterocycles. The molecule has 2 rings (SSSR count). The van der Waals surface area contributed by atoms with Crippen LogP contribution in [0.3, 0.4) is 0 Å². The fraction of sp³-hybridized carbons (Fsp3) is 0.154. The van der Waals surface area contributed by atoms with E-state index in [0.717, 1.165) is 11.3 Å². The summed E-state index contributed by atoms with van der Waals surface area (Å²) in [5.74, 6) is -0.252. The Morgan fingerprint density at radius 2 is 2.05 bits per heavy atom. The number of carbonyl (C=O) groups excluding carboxylic acids is 1. The van der Waals surface area contributed by atoms with Crippen LogP contribution in [0.4, 0.5) is 5.00 Å². The fourth-order valence-corrected chi connectivity index (χ4v) is 2.41. The maximum atomic E-state index is 11.9. The van der Waals surface area contributed by atoms with Crippen molar-refractivity contribution in [3.8, 4) is 5.75 Å². The van der Waals surface area contributed by atoms with Crippen LogP contribution in [0.5, 0.6) is 5.75 Å². The molecule has 1 aromatic heterocycles. The average molecular weight is 290 g/mol. The first-order chi connectivity index (χ1) is 9.49. The molecule has 0 fully saturated rings. The molecule has 6 nitrogen and oxygen atoms in total. The summed E-state index contributed by atoms with van der Waals surface area (Å²) < 4.78 is 4.13. The summed E-state index contributed by atoms with van der Waals surface area (Å²) in [6, 6.07) is 5.91. The van der Waals surface area contributed by atoms with Gasteiger partial charge in [0.2, 0.25) is 0 Å². The van der Waals surface area contributed by atoms with Crippen molar-refractivity contribution in [2.24, 2.45) is 5.10 Å². The van der Waals surface area contributed by atoms with E-state index in [4.69, 9.17) is 10.8 Å². The number of anilines is 1. The quantitative estimate of drug-likeness (QED) is 0.593. The molecular weight excluding hydrogens is 276 g/mol. The van der Waals surface area contributed by atoms with Gasteiger partial charge in [-0.25, -0.2) is 5.43 Å². The minimum absolute atomic E-state index is 0.106. The second-order valence-corrected chi connectivity index (χ2v) is 5.00. The van der Waals surface area contributed by atoms with E-state index < -0.39 is 0 Å².